The fourth-order valence-corrected chi connectivity index (χ4v) is 3.69. The van der Waals surface area contributed by atoms with E-state index < -0.39 is 0 Å². The maximum absolute atomic E-state index is 6.05. The molecular formula is C14H29N3. The van der Waals surface area contributed by atoms with E-state index in [4.69, 9.17) is 5.73 Å². The molecule has 1 saturated carbocycles. The van der Waals surface area contributed by atoms with Gasteiger partial charge in [0.15, 0.2) is 0 Å². The van der Waals surface area contributed by atoms with Gasteiger partial charge < -0.3 is 10.6 Å². The Morgan fingerprint density at radius 3 is 2.53 bits per heavy atom. The standard InChI is InChI=1S/C14H29N3/c1-3-13-11-17(9-8-16(13)2)14(10-15)12-6-4-5-7-12/h12-14H,3-11,15H2,1-2H3. The molecule has 0 radical (unpaired) electrons. The summed E-state index contributed by atoms with van der Waals surface area (Å²) >= 11 is 0. The van der Waals surface area contributed by atoms with Crippen LogP contribution < -0.4 is 5.73 Å². The van der Waals surface area contributed by atoms with Gasteiger partial charge in [-0.25, -0.2) is 0 Å². The summed E-state index contributed by atoms with van der Waals surface area (Å²) in [5.74, 6) is 0.876. The van der Waals surface area contributed by atoms with Crippen LogP contribution in [0.4, 0.5) is 0 Å². The van der Waals surface area contributed by atoms with Crippen LogP contribution in [0.25, 0.3) is 0 Å². The summed E-state index contributed by atoms with van der Waals surface area (Å²) < 4.78 is 0. The van der Waals surface area contributed by atoms with Crippen molar-refractivity contribution in [3.63, 3.8) is 0 Å². The minimum atomic E-state index is 0.653. The zero-order valence-corrected chi connectivity index (χ0v) is 11.6. The smallest absolute Gasteiger partial charge is 0.0247 e. The van der Waals surface area contributed by atoms with Gasteiger partial charge in [-0.2, -0.15) is 0 Å². The molecule has 2 rings (SSSR count). The van der Waals surface area contributed by atoms with E-state index in [1.54, 1.807) is 0 Å². The molecule has 1 aliphatic carbocycles. The van der Waals surface area contributed by atoms with Crippen LogP contribution in [0.15, 0.2) is 0 Å². The molecule has 0 bridgehead atoms. The molecule has 2 aliphatic rings. The lowest BCUT2D eigenvalue weighted by molar-refractivity contribution is 0.0449. The zero-order chi connectivity index (χ0) is 12.3. The van der Waals surface area contributed by atoms with Crippen LogP contribution in [0.5, 0.6) is 0 Å². The predicted molar refractivity (Wildman–Crippen MR) is 73.1 cm³/mol. The third kappa shape index (κ3) is 3.01. The molecule has 1 aliphatic heterocycles. The highest BCUT2D eigenvalue weighted by molar-refractivity contribution is 4.89. The second-order valence-electron chi connectivity index (χ2n) is 5.89. The maximum atomic E-state index is 6.05. The van der Waals surface area contributed by atoms with E-state index in [0.717, 1.165) is 18.5 Å². The van der Waals surface area contributed by atoms with E-state index in [0.29, 0.717) is 6.04 Å². The molecule has 0 aromatic rings. The highest BCUT2D eigenvalue weighted by Gasteiger charge is 2.32. The van der Waals surface area contributed by atoms with Crippen LogP contribution in [0.1, 0.15) is 39.0 Å². The Morgan fingerprint density at radius 1 is 1.24 bits per heavy atom. The van der Waals surface area contributed by atoms with Crippen molar-refractivity contribution in [1.29, 1.82) is 0 Å². The average molecular weight is 239 g/mol. The van der Waals surface area contributed by atoms with Gasteiger partial charge in [-0.15, -0.1) is 0 Å². The first-order chi connectivity index (χ1) is 8.26. The first kappa shape index (κ1) is 13.3. The molecule has 0 amide bonds. The second kappa shape index (κ2) is 6.17. The molecule has 3 nitrogen and oxygen atoms in total. The summed E-state index contributed by atoms with van der Waals surface area (Å²) in [6, 6.07) is 1.39. The van der Waals surface area contributed by atoms with Gasteiger partial charge in [0.25, 0.3) is 0 Å². The molecule has 2 unspecified atom stereocenters. The highest BCUT2D eigenvalue weighted by Crippen LogP contribution is 2.31. The minimum Gasteiger partial charge on any atom is -0.329 e. The number of rotatable bonds is 4. The molecule has 1 heterocycles. The van der Waals surface area contributed by atoms with Crippen molar-refractivity contribution in [2.45, 2.75) is 51.1 Å². The van der Waals surface area contributed by atoms with E-state index in [1.165, 1.54) is 51.7 Å². The zero-order valence-electron chi connectivity index (χ0n) is 11.6. The fourth-order valence-electron chi connectivity index (χ4n) is 3.69. The number of hydrogen-bond donors (Lipinski definition) is 1. The number of likely N-dealkylation sites (N-methyl/N-ethyl adjacent to an activating group) is 1. The summed E-state index contributed by atoms with van der Waals surface area (Å²) in [6.07, 6.45) is 6.92. The van der Waals surface area contributed by atoms with Gasteiger partial charge in [-0.3, -0.25) is 4.90 Å². The van der Waals surface area contributed by atoms with Crippen LogP contribution in [-0.2, 0) is 0 Å². The van der Waals surface area contributed by atoms with Gasteiger partial charge in [-0.1, -0.05) is 19.8 Å². The molecule has 2 atom stereocenters. The lowest BCUT2D eigenvalue weighted by Gasteiger charge is -2.44. The van der Waals surface area contributed by atoms with Crippen molar-refractivity contribution >= 4 is 0 Å². The van der Waals surface area contributed by atoms with E-state index in [-0.39, 0.29) is 0 Å². The summed E-state index contributed by atoms with van der Waals surface area (Å²) in [6.45, 7) is 6.81. The number of piperazine rings is 1. The summed E-state index contributed by atoms with van der Waals surface area (Å²) in [5.41, 5.74) is 6.05. The average Bonchev–Trinajstić information content (AvgIpc) is 2.86. The number of nitrogens with zero attached hydrogens (tertiary/aromatic N) is 2. The number of nitrogens with two attached hydrogens (primary N) is 1. The SMILES string of the molecule is CCC1CN(C(CN)C2CCCC2)CCN1C. The summed E-state index contributed by atoms with van der Waals surface area (Å²) in [4.78, 5) is 5.20. The van der Waals surface area contributed by atoms with Gasteiger partial charge in [0.05, 0.1) is 0 Å². The normalized spacial score (nSPS) is 30.9. The van der Waals surface area contributed by atoms with Crippen molar-refractivity contribution in [2.24, 2.45) is 11.7 Å². The summed E-state index contributed by atoms with van der Waals surface area (Å²) in [5, 5.41) is 0. The summed E-state index contributed by atoms with van der Waals surface area (Å²) in [7, 11) is 2.26. The molecular weight excluding hydrogens is 210 g/mol. The van der Waals surface area contributed by atoms with Crippen LogP contribution >= 0.6 is 0 Å². The van der Waals surface area contributed by atoms with E-state index in [2.05, 4.69) is 23.8 Å². The van der Waals surface area contributed by atoms with Crippen molar-refractivity contribution in [2.75, 3.05) is 33.2 Å². The third-order valence-corrected chi connectivity index (χ3v) is 4.93. The fraction of sp³-hybridized carbons (Fsp3) is 1.00. The van der Waals surface area contributed by atoms with Crippen LogP contribution in [0.3, 0.4) is 0 Å². The monoisotopic (exact) mass is 239 g/mol. The topological polar surface area (TPSA) is 32.5 Å². The van der Waals surface area contributed by atoms with E-state index in [1.807, 2.05) is 0 Å². The molecule has 2 N–H and O–H groups in total. The lowest BCUT2D eigenvalue weighted by Crippen LogP contribution is -2.57. The van der Waals surface area contributed by atoms with Crippen LogP contribution in [-0.4, -0.2) is 55.1 Å². The van der Waals surface area contributed by atoms with Crippen molar-refractivity contribution in [1.82, 2.24) is 9.80 Å². The predicted octanol–water partition coefficient (Wildman–Crippen LogP) is 1.53. The van der Waals surface area contributed by atoms with Crippen LogP contribution in [0.2, 0.25) is 0 Å². The molecule has 0 aromatic heterocycles. The Bertz CT molecular complexity index is 226. The Balaban J connectivity index is 1.94. The first-order valence-electron chi connectivity index (χ1n) is 7.40. The highest BCUT2D eigenvalue weighted by atomic mass is 15.3. The molecule has 2 fully saturated rings. The van der Waals surface area contributed by atoms with Crippen molar-refractivity contribution in [3.8, 4) is 0 Å². The first-order valence-corrected chi connectivity index (χ1v) is 7.40. The molecule has 100 valence electrons. The Hall–Kier alpha value is -0.120. The van der Waals surface area contributed by atoms with Crippen LogP contribution in [0, 0.1) is 5.92 Å². The van der Waals surface area contributed by atoms with Crippen molar-refractivity contribution < 1.29 is 0 Å². The number of hydrogen-bond acceptors (Lipinski definition) is 3. The van der Waals surface area contributed by atoms with Gasteiger partial charge >= 0.3 is 0 Å². The largest absolute Gasteiger partial charge is 0.329 e. The maximum Gasteiger partial charge on any atom is 0.0247 e. The Labute approximate surface area is 106 Å². The minimum absolute atomic E-state index is 0.653. The van der Waals surface area contributed by atoms with Crippen molar-refractivity contribution in [3.05, 3.63) is 0 Å². The lowest BCUT2D eigenvalue weighted by atomic mass is 9.95. The molecule has 0 spiro atoms. The molecule has 1 saturated heterocycles. The van der Waals surface area contributed by atoms with Gasteiger partial charge in [0.2, 0.25) is 0 Å². The van der Waals surface area contributed by atoms with Gasteiger partial charge in [0, 0.05) is 38.3 Å². The van der Waals surface area contributed by atoms with Gasteiger partial charge in [0.1, 0.15) is 0 Å². The Morgan fingerprint density at radius 2 is 1.94 bits per heavy atom. The molecule has 3 heteroatoms. The molecule has 0 aromatic carbocycles. The Kier molecular flexibility index (Phi) is 4.83. The molecule has 17 heavy (non-hydrogen) atoms. The third-order valence-electron chi connectivity index (χ3n) is 4.93. The van der Waals surface area contributed by atoms with E-state index in [9.17, 15) is 0 Å². The van der Waals surface area contributed by atoms with E-state index >= 15 is 0 Å². The van der Waals surface area contributed by atoms with Gasteiger partial charge in [-0.05, 0) is 32.2 Å². The quantitative estimate of drug-likeness (QED) is 0.807. The second-order valence-corrected chi connectivity index (χ2v) is 5.89.